The number of piperazine rings is 2. The second-order valence-electron chi connectivity index (χ2n) is 16.5. The molecule has 1 aromatic carbocycles. The number of pyridine rings is 1. The molecule has 3 aliphatic rings. The third-order valence-corrected chi connectivity index (χ3v) is 11.0. The third-order valence-electron chi connectivity index (χ3n) is 11.0. The summed E-state index contributed by atoms with van der Waals surface area (Å²) in [6.45, 7) is 20.6. The van der Waals surface area contributed by atoms with E-state index in [0.717, 1.165) is 58.0 Å². The van der Waals surface area contributed by atoms with Crippen LogP contribution < -0.4 is 15.8 Å². The topological polar surface area (TPSA) is 137 Å². The van der Waals surface area contributed by atoms with Crippen LogP contribution in [0.3, 0.4) is 0 Å². The van der Waals surface area contributed by atoms with Gasteiger partial charge in [0, 0.05) is 82.0 Å². The Kier molecular flexibility index (Phi) is 11.0. The van der Waals surface area contributed by atoms with Crippen molar-refractivity contribution in [3.63, 3.8) is 0 Å². The van der Waals surface area contributed by atoms with Gasteiger partial charge in [-0.05, 0) is 96.7 Å². The maximum atomic E-state index is 13.4. The number of rotatable bonds is 9. The Morgan fingerprint density at radius 2 is 1.51 bits per heavy atom. The molecule has 2 saturated heterocycles. The van der Waals surface area contributed by atoms with E-state index in [-0.39, 0.29) is 18.2 Å². The van der Waals surface area contributed by atoms with Crippen LogP contribution in [-0.4, -0.2) is 120 Å². The van der Waals surface area contributed by atoms with Crippen LogP contribution >= 0.6 is 0 Å². The highest BCUT2D eigenvalue weighted by molar-refractivity contribution is 5.77. The zero-order valence-electron chi connectivity index (χ0n) is 32.9. The van der Waals surface area contributed by atoms with Crippen LogP contribution in [0.15, 0.2) is 66.1 Å². The molecule has 294 valence electrons. The summed E-state index contributed by atoms with van der Waals surface area (Å²) < 4.78 is 8.76. The molecule has 7 rings (SSSR count). The number of nitrogens with zero attached hydrogens (tertiary/aromatic N) is 9. The van der Waals surface area contributed by atoms with E-state index in [2.05, 4.69) is 48.7 Å². The summed E-state index contributed by atoms with van der Waals surface area (Å²) in [5.41, 5.74) is 1.04. The molecule has 0 unspecified atom stereocenters. The maximum Gasteiger partial charge on any atom is 0.410 e. The van der Waals surface area contributed by atoms with Crippen molar-refractivity contribution in [1.82, 2.24) is 39.0 Å². The molecule has 3 fully saturated rings. The third kappa shape index (κ3) is 8.71. The molecule has 4 aromatic rings. The van der Waals surface area contributed by atoms with E-state index in [1.54, 1.807) is 42.8 Å². The van der Waals surface area contributed by atoms with Crippen molar-refractivity contribution in [2.45, 2.75) is 90.1 Å². The second kappa shape index (κ2) is 15.8. The van der Waals surface area contributed by atoms with Gasteiger partial charge in [0.05, 0.1) is 12.2 Å². The molecular formula is C41H56N10O4. The highest BCUT2D eigenvalue weighted by Gasteiger charge is 2.33. The molecule has 0 radical (unpaired) electrons. The van der Waals surface area contributed by atoms with Crippen LogP contribution in [0.2, 0.25) is 0 Å². The Bertz CT molecular complexity index is 2020. The number of benzene rings is 1. The molecule has 0 spiro atoms. The fraction of sp³-hybridized carbons (Fsp3) is 0.537. The molecule has 5 heterocycles. The van der Waals surface area contributed by atoms with E-state index in [1.165, 1.54) is 42.2 Å². The minimum Gasteiger partial charge on any atom is -0.444 e. The van der Waals surface area contributed by atoms with E-state index in [9.17, 15) is 14.7 Å². The van der Waals surface area contributed by atoms with Gasteiger partial charge >= 0.3 is 6.09 Å². The summed E-state index contributed by atoms with van der Waals surface area (Å²) in [6.07, 6.45) is 7.88. The minimum atomic E-state index is -1.16. The molecule has 14 heteroatoms. The number of aliphatic hydroxyl groups is 1. The lowest BCUT2D eigenvalue weighted by Crippen LogP contribution is -2.55. The van der Waals surface area contributed by atoms with Crippen LogP contribution in [0.4, 0.5) is 22.1 Å². The summed E-state index contributed by atoms with van der Waals surface area (Å²) in [4.78, 5) is 49.4. The Morgan fingerprint density at radius 3 is 2.09 bits per heavy atom. The van der Waals surface area contributed by atoms with Crippen molar-refractivity contribution in [2.75, 3.05) is 62.6 Å². The number of aromatic nitrogens is 5. The first-order chi connectivity index (χ1) is 26.3. The molecule has 2 N–H and O–H groups in total. The molecule has 1 amide bonds. The average molecular weight is 753 g/mol. The van der Waals surface area contributed by atoms with E-state index in [0.29, 0.717) is 40.6 Å². The number of fused-ring (bicyclic) bond motifs is 1. The predicted octanol–water partition coefficient (Wildman–Crippen LogP) is 5.12. The lowest BCUT2D eigenvalue weighted by atomic mass is 9.88. The first kappa shape index (κ1) is 38.5. The van der Waals surface area contributed by atoms with Crippen molar-refractivity contribution in [3.8, 4) is 5.82 Å². The highest BCUT2D eigenvalue weighted by Crippen LogP contribution is 2.30. The highest BCUT2D eigenvalue weighted by atomic mass is 16.6. The number of hydrogen-bond donors (Lipinski definition) is 2. The Morgan fingerprint density at radius 1 is 0.891 bits per heavy atom. The first-order valence-corrected chi connectivity index (χ1v) is 19.7. The van der Waals surface area contributed by atoms with Crippen LogP contribution in [0.1, 0.15) is 66.0 Å². The summed E-state index contributed by atoms with van der Waals surface area (Å²) >= 11 is 0. The van der Waals surface area contributed by atoms with Gasteiger partial charge in [-0.2, -0.15) is 4.98 Å². The molecule has 3 aromatic heterocycles. The zero-order chi connectivity index (χ0) is 38.9. The normalized spacial score (nSPS) is 20.5. The van der Waals surface area contributed by atoms with Crippen molar-refractivity contribution < 1.29 is 14.6 Å². The lowest BCUT2D eigenvalue weighted by Gasteiger charge is -2.45. The van der Waals surface area contributed by atoms with Gasteiger partial charge in [0.15, 0.2) is 11.5 Å². The van der Waals surface area contributed by atoms with Crippen molar-refractivity contribution in [2.24, 2.45) is 0 Å². The monoisotopic (exact) mass is 752 g/mol. The van der Waals surface area contributed by atoms with Crippen molar-refractivity contribution in [3.05, 3.63) is 77.4 Å². The van der Waals surface area contributed by atoms with Crippen LogP contribution in [0.5, 0.6) is 0 Å². The molecule has 14 nitrogen and oxygen atoms in total. The molecule has 0 bridgehead atoms. The van der Waals surface area contributed by atoms with E-state index in [4.69, 9.17) is 9.72 Å². The number of carbonyl (C=O) groups is 1. The molecule has 0 atom stereocenters. The Hall–Kier alpha value is -4.79. The molecule has 1 aliphatic carbocycles. The fourth-order valence-corrected chi connectivity index (χ4v) is 8.11. The molecule has 2 aliphatic heterocycles. The number of allylic oxidation sites excluding steroid dienone is 1. The minimum absolute atomic E-state index is 0.193. The van der Waals surface area contributed by atoms with Gasteiger partial charge in [0.25, 0.3) is 5.56 Å². The standard InChI is InChI=1S/C41H56N10O4/c1-7-19-50-37(52)33-28-42-38(45-36(33)51(50)35-10-8-9-34(44-35)41(5,6)54)43-29-11-13-30(14-12-29)46-20-22-47(23-21-46)31-15-17-32(18-16-31)48-24-26-49(27-25-48)39(53)55-40(2,3)4/h7-14,28,31-32,54H,1,15-27H2,2-6H3,(H,42,43,45). The van der Waals surface area contributed by atoms with Gasteiger partial charge in [-0.3, -0.25) is 14.6 Å². The SMILES string of the molecule is C=CCn1c(=O)c2cnc(Nc3ccc(N4CCN(C5CCC(N6CCN(C(=O)OC(C)(C)C)CC6)CC5)CC4)cc3)nc2n1-c1cccc(C(C)(C)O)n1. The van der Waals surface area contributed by atoms with Crippen LogP contribution in [0.25, 0.3) is 16.9 Å². The number of ether oxygens (including phenoxy) is 1. The predicted molar refractivity (Wildman–Crippen MR) is 215 cm³/mol. The molecular weight excluding hydrogens is 697 g/mol. The molecule has 55 heavy (non-hydrogen) atoms. The number of anilines is 3. The quantitative estimate of drug-likeness (QED) is 0.221. The smallest absolute Gasteiger partial charge is 0.410 e. The zero-order valence-corrected chi connectivity index (χ0v) is 32.9. The first-order valence-electron chi connectivity index (χ1n) is 19.7. The van der Waals surface area contributed by atoms with Gasteiger partial charge < -0.3 is 25.0 Å². The molecule has 1 saturated carbocycles. The van der Waals surface area contributed by atoms with Gasteiger partial charge in [0.2, 0.25) is 5.95 Å². The van der Waals surface area contributed by atoms with Gasteiger partial charge in [-0.1, -0.05) is 12.1 Å². The van der Waals surface area contributed by atoms with Crippen LogP contribution in [-0.2, 0) is 16.9 Å². The number of amides is 1. The Labute approximate surface area is 323 Å². The second-order valence-corrected chi connectivity index (χ2v) is 16.5. The maximum absolute atomic E-state index is 13.4. The van der Waals surface area contributed by atoms with E-state index in [1.807, 2.05) is 37.8 Å². The van der Waals surface area contributed by atoms with Gasteiger partial charge in [0.1, 0.15) is 16.6 Å². The van der Waals surface area contributed by atoms with Gasteiger partial charge in [-0.15, -0.1) is 6.58 Å². The van der Waals surface area contributed by atoms with Crippen LogP contribution in [0, 0.1) is 0 Å². The van der Waals surface area contributed by atoms with E-state index < -0.39 is 11.2 Å². The van der Waals surface area contributed by atoms with Gasteiger partial charge in [-0.25, -0.2) is 24.1 Å². The average Bonchev–Trinajstić information content (AvgIpc) is 3.44. The summed E-state index contributed by atoms with van der Waals surface area (Å²) in [6, 6.07) is 14.9. The van der Waals surface area contributed by atoms with E-state index >= 15 is 0 Å². The number of nitrogens with one attached hydrogen (secondary N) is 1. The Balaban J connectivity index is 0.929. The van der Waals surface area contributed by atoms with Crippen molar-refractivity contribution >= 4 is 34.4 Å². The lowest BCUT2D eigenvalue weighted by molar-refractivity contribution is 0.00568. The fourth-order valence-electron chi connectivity index (χ4n) is 8.11. The number of carbonyl (C=O) groups excluding carboxylic acids is 1. The largest absolute Gasteiger partial charge is 0.444 e. The van der Waals surface area contributed by atoms with Crippen molar-refractivity contribution in [1.29, 1.82) is 0 Å². The summed E-state index contributed by atoms with van der Waals surface area (Å²) in [5, 5.41) is 14.3. The summed E-state index contributed by atoms with van der Waals surface area (Å²) in [7, 11) is 0. The number of hydrogen-bond acceptors (Lipinski definition) is 11. The summed E-state index contributed by atoms with van der Waals surface area (Å²) in [5.74, 6) is 0.817.